The Morgan fingerprint density at radius 2 is 2.05 bits per heavy atom. The van der Waals surface area contributed by atoms with Crippen molar-refractivity contribution >= 4 is 33.5 Å². The highest BCUT2D eigenvalue weighted by Crippen LogP contribution is 2.21. The summed E-state index contributed by atoms with van der Waals surface area (Å²) in [5.41, 5.74) is -0.339. The summed E-state index contributed by atoms with van der Waals surface area (Å²) in [6.07, 6.45) is -0.156. The van der Waals surface area contributed by atoms with Crippen molar-refractivity contribution in [1.29, 1.82) is 0 Å². The standard InChI is InChI=1S/C11H11BrN2O6/c12-7-3-6(4-8(5-7)14(19)20)10(16)13-9(1-2-15)11(17)18/h3-5,9,15H,1-2H2,(H,13,16)(H,17,18). The van der Waals surface area contributed by atoms with Crippen molar-refractivity contribution in [3.05, 3.63) is 38.3 Å². The number of carbonyl (C=O) groups is 2. The molecule has 1 rings (SSSR count). The maximum atomic E-state index is 11.9. The number of halogens is 1. The molecule has 0 aliphatic heterocycles. The summed E-state index contributed by atoms with van der Waals surface area (Å²) in [7, 11) is 0. The molecule has 0 fully saturated rings. The molecule has 0 aromatic heterocycles. The number of benzene rings is 1. The van der Waals surface area contributed by atoms with Crippen molar-refractivity contribution in [2.24, 2.45) is 0 Å². The van der Waals surface area contributed by atoms with Gasteiger partial charge in [-0.1, -0.05) is 15.9 Å². The Morgan fingerprint density at radius 1 is 1.40 bits per heavy atom. The molecule has 1 unspecified atom stereocenters. The van der Waals surface area contributed by atoms with Crippen LogP contribution in [-0.4, -0.2) is 39.7 Å². The fraction of sp³-hybridized carbons (Fsp3) is 0.273. The van der Waals surface area contributed by atoms with E-state index in [-0.39, 0.29) is 17.7 Å². The number of nitrogens with zero attached hydrogens (tertiary/aromatic N) is 1. The molecule has 1 atom stereocenters. The third kappa shape index (κ3) is 4.28. The van der Waals surface area contributed by atoms with E-state index in [0.717, 1.165) is 6.07 Å². The molecule has 0 saturated carbocycles. The monoisotopic (exact) mass is 346 g/mol. The lowest BCUT2D eigenvalue weighted by molar-refractivity contribution is -0.385. The van der Waals surface area contributed by atoms with Crippen molar-refractivity contribution in [1.82, 2.24) is 5.32 Å². The fourth-order valence-corrected chi connectivity index (χ4v) is 1.92. The number of nitrogens with one attached hydrogen (secondary N) is 1. The Bertz CT molecular complexity index is 548. The van der Waals surface area contributed by atoms with Gasteiger partial charge < -0.3 is 15.5 Å². The van der Waals surface area contributed by atoms with Gasteiger partial charge in [0.1, 0.15) is 6.04 Å². The summed E-state index contributed by atoms with van der Waals surface area (Å²) in [5.74, 6) is -2.06. The highest BCUT2D eigenvalue weighted by Gasteiger charge is 2.21. The second kappa shape index (κ2) is 6.96. The van der Waals surface area contributed by atoms with Gasteiger partial charge in [0.25, 0.3) is 11.6 Å². The van der Waals surface area contributed by atoms with Gasteiger partial charge in [-0.3, -0.25) is 14.9 Å². The molecule has 0 heterocycles. The Kier molecular flexibility index (Phi) is 5.59. The molecular formula is C11H11BrN2O6. The molecule has 0 bridgehead atoms. The fourth-order valence-electron chi connectivity index (χ4n) is 1.44. The number of carboxylic acids is 1. The van der Waals surface area contributed by atoms with E-state index in [9.17, 15) is 19.7 Å². The predicted molar refractivity (Wildman–Crippen MR) is 71.4 cm³/mol. The van der Waals surface area contributed by atoms with Crippen molar-refractivity contribution < 1.29 is 24.7 Å². The number of nitro groups is 1. The lowest BCUT2D eigenvalue weighted by Crippen LogP contribution is -2.41. The van der Waals surface area contributed by atoms with Crippen LogP contribution in [0.3, 0.4) is 0 Å². The van der Waals surface area contributed by atoms with Crippen LogP contribution in [0, 0.1) is 10.1 Å². The summed E-state index contributed by atoms with van der Waals surface area (Å²) in [6.45, 7) is -0.407. The largest absolute Gasteiger partial charge is 0.480 e. The molecule has 0 saturated heterocycles. The van der Waals surface area contributed by atoms with Crippen LogP contribution in [-0.2, 0) is 4.79 Å². The van der Waals surface area contributed by atoms with Gasteiger partial charge >= 0.3 is 5.97 Å². The van der Waals surface area contributed by atoms with Crippen LogP contribution in [0.1, 0.15) is 16.8 Å². The van der Waals surface area contributed by atoms with Crippen LogP contribution in [0.15, 0.2) is 22.7 Å². The molecule has 20 heavy (non-hydrogen) atoms. The highest BCUT2D eigenvalue weighted by atomic mass is 79.9. The van der Waals surface area contributed by atoms with Crippen molar-refractivity contribution in [3.63, 3.8) is 0 Å². The number of carboxylic acid groups (broad SMARTS) is 1. The van der Waals surface area contributed by atoms with Gasteiger partial charge in [-0.15, -0.1) is 0 Å². The molecule has 1 aromatic rings. The Morgan fingerprint density at radius 3 is 2.55 bits per heavy atom. The molecule has 3 N–H and O–H groups in total. The number of carbonyl (C=O) groups excluding carboxylic acids is 1. The first-order chi connectivity index (χ1) is 9.35. The molecule has 0 spiro atoms. The highest BCUT2D eigenvalue weighted by molar-refractivity contribution is 9.10. The van der Waals surface area contributed by atoms with Gasteiger partial charge in [-0.25, -0.2) is 4.79 Å². The van der Waals surface area contributed by atoms with Crippen LogP contribution in [0.4, 0.5) is 5.69 Å². The van der Waals surface area contributed by atoms with E-state index in [1.807, 2.05) is 0 Å². The van der Waals surface area contributed by atoms with E-state index in [4.69, 9.17) is 10.2 Å². The Balaban J connectivity index is 2.97. The topological polar surface area (TPSA) is 130 Å². The summed E-state index contributed by atoms with van der Waals surface area (Å²) >= 11 is 3.03. The normalized spacial score (nSPS) is 11.7. The van der Waals surface area contributed by atoms with E-state index in [0.29, 0.717) is 4.47 Å². The van der Waals surface area contributed by atoms with E-state index < -0.39 is 29.4 Å². The van der Waals surface area contributed by atoms with Crippen molar-refractivity contribution in [2.75, 3.05) is 6.61 Å². The third-order valence-electron chi connectivity index (χ3n) is 2.38. The minimum absolute atomic E-state index is 0.0461. The van der Waals surface area contributed by atoms with E-state index >= 15 is 0 Å². The van der Waals surface area contributed by atoms with Crippen molar-refractivity contribution in [2.45, 2.75) is 12.5 Å². The zero-order valence-corrected chi connectivity index (χ0v) is 11.7. The second-order valence-electron chi connectivity index (χ2n) is 3.83. The minimum atomic E-state index is -1.29. The van der Waals surface area contributed by atoms with Gasteiger partial charge in [-0.05, 0) is 6.07 Å². The number of rotatable bonds is 6. The number of nitro benzene ring substituents is 1. The summed E-state index contributed by atoms with van der Waals surface area (Å²) < 4.78 is 0.325. The molecule has 0 aliphatic carbocycles. The number of hydrogen-bond donors (Lipinski definition) is 3. The summed E-state index contributed by atoms with van der Waals surface area (Å²) in [4.78, 5) is 32.7. The zero-order valence-electron chi connectivity index (χ0n) is 10.1. The molecule has 1 aromatic carbocycles. The Hall–Kier alpha value is -2.00. The van der Waals surface area contributed by atoms with Crippen LogP contribution in [0.2, 0.25) is 0 Å². The second-order valence-corrected chi connectivity index (χ2v) is 4.75. The Labute approximate surface area is 121 Å². The molecule has 0 aliphatic rings. The lowest BCUT2D eigenvalue weighted by Gasteiger charge is -2.13. The quantitative estimate of drug-likeness (QED) is 0.518. The first-order valence-corrected chi connectivity index (χ1v) is 6.24. The molecular weight excluding hydrogens is 336 g/mol. The lowest BCUT2D eigenvalue weighted by atomic mass is 10.1. The average Bonchev–Trinajstić information content (AvgIpc) is 2.37. The van der Waals surface area contributed by atoms with Gasteiger partial charge in [0.05, 0.1) is 4.92 Å². The molecule has 0 radical (unpaired) electrons. The van der Waals surface area contributed by atoms with Gasteiger partial charge in [0.2, 0.25) is 0 Å². The van der Waals surface area contributed by atoms with Crippen molar-refractivity contribution in [3.8, 4) is 0 Å². The number of aliphatic hydroxyl groups is 1. The van der Waals surface area contributed by atoms with Crippen LogP contribution < -0.4 is 5.32 Å². The van der Waals surface area contributed by atoms with E-state index in [1.54, 1.807) is 0 Å². The SMILES string of the molecule is O=C(NC(CCO)C(=O)O)c1cc(Br)cc([N+](=O)[O-])c1. The van der Waals surface area contributed by atoms with Gasteiger partial charge in [0, 0.05) is 35.2 Å². The first-order valence-electron chi connectivity index (χ1n) is 5.44. The van der Waals surface area contributed by atoms with E-state index in [2.05, 4.69) is 21.2 Å². The molecule has 8 nitrogen and oxygen atoms in total. The average molecular weight is 347 g/mol. The molecule has 108 valence electrons. The zero-order chi connectivity index (χ0) is 15.3. The van der Waals surface area contributed by atoms with Gasteiger partial charge in [0.15, 0.2) is 0 Å². The minimum Gasteiger partial charge on any atom is -0.480 e. The van der Waals surface area contributed by atoms with Crippen LogP contribution in [0.5, 0.6) is 0 Å². The van der Waals surface area contributed by atoms with E-state index in [1.165, 1.54) is 12.1 Å². The number of amides is 1. The predicted octanol–water partition coefficient (Wildman–Crippen LogP) is 0.923. The summed E-state index contributed by atoms with van der Waals surface area (Å²) in [5, 5.41) is 30.4. The molecule has 9 heteroatoms. The number of aliphatic hydroxyl groups excluding tert-OH is 1. The first kappa shape index (κ1) is 16.1. The summed E-state index contributed by atoms with van der Waals surface area (Å²) in [6, 6.07) is 2.34. The number of non-ortho nitro benzene ring substituents is 1. The van der Waals surface area contributed by atoms with Crippen LogP contribution >= 0.6 is 15.9 Å². The van der Waals surface area contributed by atoms with Gasteiger partial charge in [-0.2, -0.15) is 0 Å². The third-order valence-corrected chi connectivity index (χ3v) is 2.83. The smallest absolute Gasteiger partial charge is 0.326 e. The number of aliphatic carboxylic acids is 1. The molecule has 1 amide bonds. The van der Waals surface area contributed by atoms with Crippen LogP contribution in [0.25, 0.3) is 0 Å². The maximum absolute atomic E-state index is 11.9. The maximum Gasteiger partial charge on any atom is 0.326 e. The number of hydrogen-bond acceptors (Lipinski definition) is 5.